The third-order valence-electron chi connectivity index (χ3n) is 2.41. The van der Waals surface area contributed by atoms with Gasteiger partial charge in [0.1, 0.15) is 0 Å². The van der Waals surface area contributed by atoms with Crippen LogP contribution in [0.15, 0.2) is 18.2 Å². The Balaban J connectivity index is 2.57. The van der Waals surface area contributed by atoms with E-state index in [2.05, 4.69) is 32.0 Å². The quantitative estimate of drug-likeness (QED) is 0.708. The highest BCUT2D eigenvalue weighted by Crippen LogP contribution is 2.12. The smallest absolute Gasteiger partial charge is 0.306 e. The maximum absolute atomic E-state index is 11.2. The number of aryl methyl sites for hydroxylation is 3. The van der Waals surface area contributed by atoms with Crippen molar-refractivity contribution in [2.24, 2.45) is 0 Å². The van der Waals surface area contributed by atoms with E-state index in [-0.39, 0.29) is 5.97 Å². The molecule has 0 aromatic heterocycles. The summed E-state index contributed by atoms with van der Waals surface area (Å²) >= 11 is 0. The van der Waals surface area contributed by atoms with Crippen molar-refractivity contribution >= 4 is 5.97 Å². The van der Waals surface area contributed by atoms with Crippen LogP contribution in [0.5, 0.6) is 0 Å². The Morgan fingerprint density at radius 3 is 2.73 bits per heavy atom. The third-order valence-corrected chi connectivity index (χ3v) is 2.41. The molecule has 0 saturated carbocycles. The van der Waals surface area contributed by atoms with Crippen molar-refractivity contribution in [3.8, 4) is 0 Å². The van der Waals surface area contributed by atoms with Crippen LogP contribution in [0.25, 0.3) is 0 Å². The molecule has 0 aliphatic carbocycles. The Morgan fingerprint density at radius 2 is 2.07 bits per heavy atom. The highest BCUT2D eigenvalue weighted by atomic mass is 16.5. The van der Waals surface area contributed by atoms with Gasteiger partial charge in [-0.1, -0.05) is 23.8 Å². The van der Waals surface area contributed by atoms with E-state index >= 15 is 0 Å². The lowest BCUT2D eigenvalue weighted by Crippen LogP contribution is -2.05. The molecular formula is C13H18O2. The van der Waals surface area contributed by atoms with Gasteiger partial charge in [-0.2, -0.15) is 0 Å². The normalized spacial score (nSPS) is 10.1. The number of benzene rings is 1. The second kappa shape index (κ2) is 5.54. The molecule has 0 unspecified atom stereocenters. The van der Waals surface area contributed by atoms with Crippen LogP contribution in [0.2, 0.25) is 0 Å². The van der Waals surface area contributed by atoms with E-state index in [1.807, 2.05) is 6.92 Å². The number of rotatable bonds is 4. The molecule has 2 heteroatoms. The summed E-state index contributed by atoms with van der Waals surface area (Å²) in [5.41, 5.74) is 3.72. The molecule has 1 rings (SSSR count). The van der Waals surface area contributed by atoms with Crippen LogP contribution in [0.4, 0.5) is 0 Å². The Morgan fingerprint density at radius 1 is 1.33 bits per heavy atom. The Kier molecular flexibility index (Phi) is 4.35. The van der Waals surface area contributed by atoms with Gasteiger partial charge in [0.25, 0.3) is 0 Å². The number of carbonyl (C=O) groups excluding carboxylic acids is 1. The first-order valence-electron chi connectivity index (χ1n) is 5.35. The average Bonchev–Trinajstić information content (AvgIpc) is 2.20. The Bertz CT molecular complexity index is 342. The highest BCUT2D eigenvalue weighted by molar-refractivity contribution is 5.69. The Labute approximate surface area is 91.3 Å². The molecule has 1 aromatic rings. The first-order chi connectivity index (χ1) is 7.13. The molecule has 0 fully saturated rings. The van der Waals surface area contributed by atoms with E-state index in [4.69, 9.17) is 4.74 Å². The maximum atomic E-state index is 11.2. The zero-order chi connectivity index (χ0) is 11.3. The van der Waals surface area contributed by atoms with E-state index in [9.17, 15) is 4.79 Å². The first-order valence-corrected chi connectivity index (χ1v) is 5.35. The van der Waals surface area contributed by atoms with Crippen LogP contribution < -0.4 is 0 Å². The largest absolute Gasteiger partial charge is 0.466 e. The molecule has 0 aliphatic heterocycles. The van der Waals surface area contributed by atoms with Crippen LogP contribution in [-0.4, -0.2) is 12.6 Å². The molecule has 0 saturated heterocycles. The standard InChI is InChI=1S/C13H18O2/c1-4-15-13(14)8-7-12-9-10(2)5-6-11(12)3/h5-6,9H,4,7-8H2,1-3H3. The van der Waals surface area contributed by atoms with Crippen molar-refractivity contribution in [1.29, 1.82) is 0 Å². The highest BCUT2D eigenvalue weighted by Gasteiger charge is 2.04. The molecule has 0 bridgehead atoms. The van der Waals surface area contributed by atoms with Crippen molar-refractivity contribution in [2.45, 2.75) is 33.6 Å². The van der Waals surface area contributed by atoms with Crippen LogP contribution in [-0.2, 0) is 16.0 Å². The van der Waals surface area contributed by atoms with E-state index < -0.39 is 0 Å². The molecule has 0 amide bonds. The van der Waals surface area contributed by atoms with Gasteiger partial charge in [-0.15, -0.1) is 0 Å². The number of hydrogen-bond donors (Lipinski definition) is 0. The molecule has 0 spiro atoms. The molecule has 15 heavy (non-hydrogen) atoms. The van der Waals surface area contributed by atoms with Gasteiger partial charge in [-0.3, -0.25) is 4.79 Å². The molecule has 0 N–H and O–H groups in total. The predicted octanol–water partition coefficient (Wildman–Crippen LogP) is 2.80. The van der Waals surface area contributed by atoms with Gasteiger partial charge in [0, 0.05) is 6.42 Å². The van der Waals surface area contributed by atoms with Crippen molar-refractivity contribution < 1.29 is 9.53 Å². The monoisotopic (exact) mass is 206 g/mol. The van der Waals surface area contributed by atoms with Crippen molar-refractivity contribution in [3.63, 3.8) is 0 Å². The van der Waals surface area contributed by atoms with Gasteiger partial charge in [-0.05, 0) is 38.3 Å². The second-order valence-electron chi connectivity index (χ2n) is 3.73. The summed E-state index contributed by atoms with van der Waals surface area (Å²) in [6.45, 7) is 6.43. The summed E-state index contributed by atoms with van der Waals surface area (Å²) in [6, 6.07) is 6.31. The molecular weight excluding hydrogens is 188 g/mol. The average molecular weight is 206 g/mol. The van der Waals surface area contributed by atoms with Crippen LogP contribution in [0, 0.1) is 13.8 Å². The summed E-state index contributed by atoms with van der Waals surface area (Å²) < 4.78 is 4.89. The molecule has 0 radical (unpaired) electrons. The summed E-state index contributed by atoms with van der Waals surface area (Å²) in [5, 5.41) is 0. The summed E-state index contributed by atoms with van der Waals surface area (Å²) in [7, 11) is 0. The molecule has 2 nitrogen and oxygen atoms in total. The van der Waals surface area contributed by atoms with Gasteiger partial charge >= 0.3 is 5.97 Å². The number of carbonyl (C=O) groups is 1. The minimum atomic E-state index is -0.113. The lowest BCUT2D eigenvalue weighted by molar-refractivity contribution is -0.143. The topological polar surface area (TPSA) is 26.3 Å². The van der Waals surface area contributed by atoms with Gasteiger partial charge in [0.05, 0.1) is 6.61 Å². The van der Waals surface area contributed by atoms with E-state index in [1.54, 1.807) is 0 Å². The van der Waals surface area contributed by atoms with Crippen molar-refractivity contribution in [1.82, 2.24) is 0 Å². The second-order valence-corrected chi connectivity index (χ2v) is 3.73. The van der Waals surface area contributed by atoms with Gasteiger partial charge in [0.2, 0.25) is 0 Å². The van der Waals surface area contributed by atoms with Crippen LogP contribution in [0.3, 0.4) is 0 Å². The van der Waals surface area contributed by atoms with E-state index in [1.165, 1.54) is 16.7 Å². The van der Waals surface area contributed by atoms with Crippen molar-refractivity contribution in [2.75, 3.05) is 6.61 Å². The molecule has 82 valence electrons. The molecule has 0 aliphatic rings. The first kappa shape index (κ1) is 11.8. The maximum Gasteiger partial charge on any atom is 0.306 e. The third kappa shape index (κ3) is 3.74. The van der Waals surface area contributed by atoms with E-state index in [0.29, 0.717) is 13.0 Å². The molecule has 0 heterocycles. The number of ether oxygens (including phenoxy) is 1. The summed E-state index contributed by atoms with van der Waals surface area (Å²) in [5.74, 6) is -0.113. The SMILES string of the molecule is CCOC(=O)CCc1cc(C)ccc1C. The van der Waals surface area contributed by atoms with Crippen molar-refractivity contribution in [3.05, 3.63) is 34.9 Å². The molecule has 0 atom stereocenters. The summed E-state index contributed by atoms with van der Waals surface area (Å²) in [6.07, 6.45) is 1.24. The lowest BCUT2D eigenvalue weighted by atomic mass is 10.0. The van der Waals surface area contributed by atoms with Crippen LogP contribution >= 0.6 is 0 Å². The minimum absolute atomic E-state index is 0.113. The fourth-order valence-electron chi connectivity index (χ4n) is 1.54. The number of esters is 1. The fraction of sp³-hybridized carbons (Fsp3) is 0.462. The molecule has 1 aromatic carbocycles. The Hall–Kier alpha value is -1.31. The fourth-order valence-corrected chi connectivity index (χ4v) is 1.54. The van der Waals surface area contributed by atoms with Crippen LogP contribution in [0.1, 0.15) is 30.0 Å². The zero-order valence-corrected chi connectivity index (χ0v) is 9.67. The van der Waals surface area contributed by atoms with Gasteiger partial charge < -0.3 is 4.74 Å². The predicted molar refractivity (Wildman–Crippen MR) is 60.9 cm³/mol. The number of hydrogen-bond acceptors (Lipinski definition) is 2. The summed E-state index contributed by atoms with van der Waals surface area (Å²) in [4.78, 5) is 11.2. The lowest BCUT2D eigenvalue weighted by Gasteiger charge is -2.06. The van der Waals surface area contributed by atoms with Gasteiger partial charge in [-0.25, -0.2) is 0 Å². The zero-order valence-electron chi connectivity index (χ0n) is 9.67. The van der Waals surface area contributed by atoms with E-state index in [0.717, 1.165) is 6.42 Å². The minimum Gasteiger partial charge on any atom is -0.466 e. The van der Waals surface area contributed by atoms with Gasteiger partial charge in [0.15, 0.2) is 0 Å².